The van der Waals surface area contributed by atoms with E-state index in [1.165, 1.54) is 45.2 Å². The first-order valence-electron chi connectivity index (χ1n) is 19.3. The molecule has 22 heteroatoms. The number of urea groups is 1. The van der Waals surface area contributed by atoms with Crippen LogP contribution in [-0.2, 0) is 41.1 Å². The van der Waals surface area contributed by atoms with E-state index in [1.807, 2.05) is 67.6 Å². The lowest BCUT2D eigenvalue weighted by Gasteiger charge is -2.50. The number of fused-ring (bicyclic) bond motifs is 1. The Morgan fingerprint density at radius 3 is 2.16 bits per heavy atom. The number of thioether (sulfide) groups is 2. The maximum Gasteiger partial charge on any atom is 0.356 e. The van der Waals surface area contributed by atoms with Gasteiger partial charge in [0.2, 0.25) is 17.1 Å². The second-order valence-electron chi connectivity index (χ2n) is 14.3. The number of amides is 5. The Morgan fingerprint density at radius 1 is 0.953 bits per heavy atom. The summed E-state index contributed by atoms with van der Waals surface area (Å²) >= 11 is 2.68. The third-order valence-electron chi connectivity index (χ3n) is 9.87. The number of nitrogens with two attached hydrogens (primary N) is 1. The summed E-state index contributed by atoms with van der Waals surface area (Å²) in [6, 6.07) is 27.5. The molecule has 4 N–H and O–H groups in total. The highest BCUT2D eigenvalue weighted by atomic mass is 32.2. The average molecular weight is 923 g/mol. The van der Waals surface area contributed by atoms with E-state index in [4.69, 9.17) is 10.5 Å². The van der Waals surface area contributed by atoms with Gasteiger partial charge in [-0.05, 0) is 63.9 Å². The third kappa shape index (κ3) is 10.5. The molecular weight excluding hydrogens is 885 g/mol. The molecule has 330 valence electrons. The van der Waals surface area contributed by atoms with Gasteiger partial charge in [0.25, 0.3) is 5.91 Å². The van der Waals surface area contributed by atoms with Gasteiger partial charge in [0.1, 0.15) is 33.3 Å². The minimum absolute atomic E-state index is 0.0839. The van der Waals surface area contributed by atoms with Crippen molar-refractivity contribution in [2.45, 2.75) is 40.5 Å². The molecule has 5 amide bonds. The Bertz CT molecular complexity index is 2680. The van der Waals surface area contributed by atoms with Crippen molar-refractivity contribution in [1.82, 2.24) is 40.6 Å². The minimum Gasteiger partial charge on any atom is -0.744 e. The third-order valence-corrected chi connectivity index (χ3v) is 13.2. The van der Waals surface area contributed by atoms with Crippen LogP contribution in [-0.4, -0.2) is 109 Å². The number of aryl methyl sites for hydroxylation is 2. The van der Waals surface area contributed by atoms with Crippen LogP contribution < -0.4 is 16.4 Å². The van der Waals surface area contributed by atoms with Crippen molar-refractivity contribution in [3.05, 3.63) is 143 Å². The number of β-lactam (4-membered cyclic amide) rings is 1. The first-order chi connectivity index (χ1) is 30.7. The van der Waals surface area contributed by atoms with Crippen molar-refractivity contribution in [3.8, 4) is 0 Å². The number of esters is 1. The molecule has 0 unspecified atom stereocenters. The molecule has 4 aromatic carbocycles. The molecule has 0 radical (unpaired) electrons. The molecule has 8 rings (SSSR count). The van der Waals surface area contributed by atoms with Crippen LogP contribution in [0.1, 0.15) is 34.4 Å². The van der Waals surface area contributed by atoms with E-state index in [2.05, 4.69) is 37.5 Å². The number of hydrogen-bond donors (Lipinski definition) is 3. The maximum absolute atomic E-state index is 14.3. The summed E-state index contributed by atoms with van der Waals surface area (Å²) in [6.07, 6.45) is 1.54. The SMILES string of the molecule is Cc1ccc(S(=O)(=O)[O-])cc1.Cn1nnnc1SCC1=C(C(=O)OC(c2ccccc2)c2ccccc2)N2C(=O)[C@@H](NC(=O)[C@H](NC(=O)N3[C-]=NC(=O)C3)c3ccc(N)cc3)[C@H]2SC1. The van der Waals surface area contributed by atoms with E-state index < -0.39 is 63.4 Å². The van der Waals surface area contributed by atoms with E-state index in [0.717, 1.165) is 21.6 Å². The Morgan fingerprint density at radius 2 is 1.59 bits per heavy atom. The van der Waals surface area contributed by atoms with Crippen LogP contribution in [0.3, 0.4) is 0 Å². The summed E-state index contributed by atoms with van der Waals surface area (Å²) in [5.74, 6) is -1.87. The largest absolute Gasteiger partial charge is 0.744 e. The number of rotatable bonds is 12. The first-order valence-corrected chi connectivity index (χ1v) is 22.7. The van der Waals surface area contributed by atoms with Gasteiger partial charge in [0.15, 0.2) is 12.0 Å². The number of aliphatic imine (C=N–C) groups is 1. The van der Waals surface area contributed by atoms with Crippen molar-refractivity contribution in [3.63, 3.8) is 0 Å². The average Bonchev–Trinajstić information content (AvgIpc) is 3.93. The molecule has 0 spiro atoms. The quantitative estimate of drug-likeness (QED) is 0.0406. The number of benzene rings is 4. The van der Waals surface area contributed by atoms with Gasteiger partial charge < -0.3 is 45.1 Å². The number of ether oxygens (including phenoxy) is 1. The van der Waals surface area contributed by atoms with Gasteiger partial charge in [-0.15, -0.1) is 16.9 Å². The Balaban J connectivity index is 0.000000487. The molecule has 5 aromatic rings. The Hall–Kier alpha value is -6.88. The second-order valence-corrected chi connectivity index (χ2v) is 17.8. The molecule has 3 aliphatic rings. The lowest BCUT2D eigenvalue weighted by molar-refractivity contribution is -0.154. The standard InChI is InChI=1S/C35H31N10O6S2.C7H8O3S/c1-43-35(40-41-42-43)53-18-23-17-52-32-27(38-30(47)26(20-12-14-24(36)15-13-20)39-34(50)44-16-25(46)37-19-44)31(48)45(32)28(23)33(49)51-29(21-8-4-2-5-9-21)22-10-6-3-7-11-22;1-6-2-4-7(5-3-6)11(8,9)10/h2-15,26-27,29,32H,16-18,36H2,1H3,(H,38,47)(H,39,50);2-5H,1H3,(H,8,9,10)/q-1;/p-1/t26-,27-,32-;/m1./s1. The lowest BCUT2D eigenvalue weighted by Crippen LogP contribution is -2.71. The fraction of sp³-hybridized carbons (Fsp3) is 0.214. The van der Waals surface area contributed by atoms with Gasteiger partial charge >= 0.3 is 5.97 Å². The molecule has 1 aromatic heterocycles. The highest BCUT2D eigenvalue weighted by molar-refractivity contribution is 8.01. The van der Waals surface area contributed by atoms with Crippen LogP contribution >= 0.6 is 23.5 Å². The predicted octanol–water partition coefficient (Wildman–Crippen LogP) is 2.97. The first kappa shape index (κ1) is 45.2. The molecule has 1 fully saturated rings. The Kier molecular flexibility index (Phi) is 13.9. The number of tetrazole rings is 1. The molecule has 0 saturated carbocycles. The van der Waals surface area contributed by atoms with Gasteiger partial charge in [0.05, 0.1) is 4.90 Å². The van der Waals surface area contributed by atoms with E-state index in [-0.39, 0.29) is 22.9 Å². The number of nitrogen functional groups attached to an aromatic ring is 1. The van der Waals surface area contributed by atoms with Crippen molar-refractivity contribution < 1.29 is 41.7 Å². The zero-order chi connectivity index (χ0) is 45.5. The molecule has 3 atom stereocenters. The van der Waals surface area contributed by atoms with E-state index in [0.29, 0.717) is 27.7 Å². The van der Waals surface area contributed by atoms with Crippen molar-refractivity contribution in [2.75, 3.05) is 23.8 Å². The number of anilines is 1. The van der Waals surface area contributed by atoms with Crippen LogP contribution in [0, 0.1) is 6.92 Å². The smallest absolute Gasteiger partial charge is 0.356 e. The van der Waals surface area contributed by atoms with Crippen molar-refractivity contribution >= 4 is 75.4 Å². The van der Waals surface area contributed by atoms with Crippen LogP contribution in [0.2, 0.25) is 0 Å². The molecule has 1 saturated heterocycles. The van der Waals surface area contributed by atoms with Gasteiger partial charge in [0, 0.05) is 37.1 Å². The monoisotopic (exact) mass is 922 g/mol. The van der Waals surface area contributed by atoms with E-state index >= 15 is 0 Å². The molecule has 0 bridgehead atoms. The van der Waals surface area contributed by atoms with Gasteiger partial charge in [-0.2, -0.15) is 0 Å². The number of carbonyl (C=O) groups is 5. The van der Waals surface area contributed by atoms with Crippen LogP contribution in [0.4, 0.5) is 10.5 Å². The summed E-state index contributed by atoms with van der Waals surface area (Å²) in [5, 5.41) is 16.8. The number of nitrogens with one attached hydrogen (secondary N) is 2. The predicted molar refractivity (Wildman–Crippen MR) is 233 cm³/mol. The highest BCUT2D eigenvalue weighted by Crippen LogP contribution is 2.43. The van der Waals surface area contributed by atoms with E-state index in [1.54, 1.807) is 43.4 Å². The summed E-state index contributed by atoms with van der Waals surface area (Å²) in [6.45, 7) is 1.49. The fourth-order valence-corrected chi connectivity index (χ4v) is 9.40. The normalized spacial score (nSPS) is 17.2. The van der Waals surface area contributed by atoms with Crippen molar-refractivity contribution in [1.29, 1.82) is 0 Å². The number of hydrogen-bond acceptors (Lipinski definition) is 15. The van der Waals surface area contributed by atoms with E-state index in [9.17, 15) is 36.9 Å². The summed E-state index contributed by atoms with van der Waals surface area (Å²) < 4.78 is 38.9. The summed E-state index contributed by atoms with van der Waals surface area (Å²) in [5.41, 5.74) is 9.80. The van der Waals surface area contributed by atoms with Gasteiger partial charge in [-0.1, -0.05) is 102 Å². The van der Waals surface area contributed by atoms with Gasteiger partial charge in [-0.3, -0.25) is 14.5 Å². The molecule has 3 aliphatic heterocycles. The lowest BCUT2D eigenvalue weighted by atomic mass is 10.00. The van der Waals surface area contributed by atoms with Crippen LogP contribution in [0.15, 0.2) is 136 Å². The summed E-state index contributed by atoms with van der Waals surface area (Å²) in [7, 11) is -2.57. The summed E-state index contributed by atoms with van der Waals surface area (Å²) in [4.78, 5) is 72.4. The zero-order valence-electron chi connectivity index (χ0n) is 33.9. The van der Waals surface area contributed by atoms with Crippen LogP contribution in [0.5, 0.6) is 0 Å². The highest BCUT2D eigenvalue weighted by Gasteiger charge is 2.55. The molecule has 0 aliphatic carbocycles. The number of carbonyl (C=O) groups excluding carboxylic acids is 5. The fourth-order valence-electron chi connectivity index (χ4n) is 6.60. The van der Waals surface area contributed by atoms with Crippen molar-refractivity contribution in [2.24, 2.45) is 12.0 Å². The second kappa shape index (κ2) is 19.7. The maximum atomic E-state index is 14.3. The Labute approximate surface area is 375 Å². The van der Waals surface area contributed by atoms with Crippen LogP contribution in [0.25, 0.3) is 0 Å². The number of aromatic nitrogens is 4. The molecule has 64 heavy (non-hydrogen) atoms. The molecular formula is C42H38N10O9S3-2. The molecule has 4 heterocycles. The minimum atomic E-state index is -4.27. The molecule has 19 nitrogen and oxygen atoms in total. The van der Waals surface area contributed by atoms with Gasteiger partial charge in [-0.25, -0.2) is 17.9 Å². The topological polar surface area (TPSA) is 264 Å². The zero-order valence-corrected chi connectivity index (χ0v) is 36.4. The number of nitrogens with zero attached hydrogens (tertiary/aromatic N) is 7.